The Hall–Kier alpha value is -1.58. The maximum Gasteiger partial charge on any atom is 0.181 e. The minimum absolute atomic E-state index is 0.669. The summed E-state index contributed by atoms with van der Waals surface area (Å²) in [5.74, 6) is 0.737. The molecule has 2 aromatic heterocycles. The van der Waals surface area contributed by atoms with E-state index in [1.165, 1.54) is 0 Å². The lowest BCUT2D eigenvalue weighted by molar-refractivity contribution is 1.02. The zero-order chi connectivity index (χ0) is 8.55. The molecule has 0 saturated heterocycles. The summed E-state index contributed by atoms with van der Waals surface area (Å²) in [5.41, 5.74) is 2.33. The first-order valence-electron chi connectivity index (χ1n) is 3.69. The fourth-order valence-electron chi connectivity index (χ4n) is 1.14. The zero-order valence-corrected chi connectivity index (χ0v) is 6.94. The summed E-state index contributed by atoms with van der Waals surface area (Å²) in [6.45, 7) is 3.76. The SMILES string of the molecule is Cc1nc(C)c2nccnc2n1. The number of aromatic nitrogens is 4. The van der Waals surface area contributed by atoms with Crippen molar-refractivity contribution in [3.05, 3.63) is 23.9 Å². The molecule has 0 fully saturated rings. The van der Waals surface area contributed by atoms with Gasteiger partial charge in [-0.2, -0.15) is 0 Å². The molecule has 0 aliphatic heterocycles. The second kappa shape index (κ2) is 2.48. The summed E-state index contributed by atoms with van der Waals surface area (Å²) >= 11 is 0. The third-order valence-electron chi connectivity index (χ3n) is 1.62. The quantitative estimate of drug-likeness (QED) is 0.577. The molecular weight excluding hydrogens is 152 g/mol. The Balaban J connectivity index is 2.89. The van der Waals surface area contributed by atoms with E-state index in [1.807, 2.05) is 13.8 Å². The number of nitrogens with zero attached hydrogens (tertiary/aromatic N) is 4. The number of aryl methyl sites for hydroxylation is 2. The van der Waals surface area contributed by atoms with Crippen molar-refractivity contribution in [3.8, 4) is 0 Å². The normalized spacial score (nSPS) is 10.5. The highest BCUT2D eigenvalue weighted by Crippen LogP contribution is 2.07. The Kier molecular flexibility index (Phi) is 1.46. The number of fused-ring (bicyclic) bond motifs is 1. The summed E-state index contributed by atoms with van der Waals surface area (Å²) in [6, 6.07) is 0. The van der Waals surface area contributed by atoms with E-state index in [0.717, 1.165) is 17.0 Å². The molecule has 2 rings (SSSR count). The summed E-state index contributed by atoms with van der Waals surface area (Å²) in [5, 5.41) is 0. The van der Waals surface area contributed by atoms with E-state index in [2.05, 4.69) is 19.9 Å². The first-order valence-corrected chi connectivity index (χ1v) is 3.69. The first kappa shape index (κ1) is 7.09. The average Bonchev–Trinajstić information content (AvgIpc) is 2.04. The molecular formula is C8H8N4. The average molecular weight is 160 g/mol. The van der Waals surface area contributed by atoms with Crippen molar-refractivity contribution in [2.24, 2.45) is 0 Å². The van der Waals surface area contributed by atoms with Crippen LogP contribution in [0.5, 0.6) is 0 Å². The molecule has 12 heavy (non-hydrogen) atoms. The van der Waals surface area contributed by atoms with Crippen LogP contribution in [0.15, 0.2) is 12.4 Å². The Bertz CT molecular complexity index is 424. The molecule has 0 atom stereocenters. The first-order chi connectivity index (χ1) is 5.77. The molecule has 0 N–H and O–H groups in total. The molecule has 4 nitrogen and oxygen atoms in total. The van der Waals surface area contributed by atoms with Crippen LogP contribution in [0.1, 0.15) is 11.5 Å². The lowest BCUT2D eigenvalue weighted by Crippen LogP contribution is -1.96. The minimum atomic E-state index is 0.669. The molecule has 0 aromatic carbocycles. The van der Waals surface area contributed by atoms with Crippen LogP contribution in [0.4, 0.5) is 0 Å². The second-order valence-electron chi connectivity index (χ2n) is 2.58. The van der Waals surface area contributed by atoms with Gasteiger partial charge in [-0.05, 0) is 13.8 Å². The number of hydrogen-bond acceptors (Lipinski definition) is 4. The van der Waals surface area contributed by atoms with Gasteiger partial charge in [0.25, 0.3) is 0 Å². The van der Waals surface area contributed by atoms with Gasteiger partial charge in [0.15, 0.2) is 5.65 Å². The van der Waals surface area contributed by atoms with E-state index in [9.17, 15) is 0 Å². The van der Waals surface area contributed by atoms with Crippen molar-refractivity contribution in [2.75, 3.05) is 0 Å². The third-order valence-corrected chi connectivity index (χ3v) is 1.62. The van der Waals surface area contributed by atoms with E-state index in [-0.39, 0.29) is 0 Å². The Labute approximate surface area is 69.7 Å². The molecule has 0 bridgehead atoms. The van der Waals surface area contributed by atoms with Crippen molar-refractivity contribution >= 4 is 11.2 Å². The van der Waals surface area contributed by atoms with Gasteiger partial charge < -0.3 is 0 Å². The third kappa shape index (κ3) is 1.01. The number of rotatable bonds is 0. The molecule has 0 amide bonds. The Morgan fingerprint density at radius 2 is 1.75 bits per heavy atom. The molecule has 2 aromatic rings. The van der Waals surface area contributed by atoms with Gasteiger partial charge in [-0.1, -0.05) is 0 Å². The van der Waals surface area contributed by atoms with Crippen LogP contribution in [0.25, 0.3) is 11.2 Å². The summed E-state index contributed by atoms with van der Waals surface area (Å²) in [7, 11) is 0. The molecule has 2 heterocycles. The van der Waals surface area contributed by atoms with Crippen LogP contribution in [0.2, 0.25) is 0 Å². The van der Waals surface area contributed by atoms with Crippen LogP contribution in [0.3, 0.4) is 0 Å². The topological polar surface area (TPSA) is 51.6 Å². The summed E-state index contributed by atoms with van der Waals surface area (Å²) in [4.78, 5) is 16.6. The van der Waals surface area contributed by atoms with Gasteiger partial charge in [0.1, 0.15) is 11.3 Å². The minimum Gasteiger partial charge on any atom is -0.249 e. The Morgan fingerprint density at radius 3 is 2.58 bits per heavy atom. The van der Waals surface area contributed by atoms with Gasteiger partial charge in [-0.25, -0.2) is 19.9 Å². The molecule has 0 radical (unpaired) electrons. The molecule has 0 unspecified atom stereocenters. The molecule has 60 valence electrons. The molecule has 4 heteroatoms. The summed E-state index contributed by atoms with van der Waals surface area (Å²) < 4.78 is 0. The van der Waals surface area contributed by atoms with Crippen LogP contribution >= 0.6 is 0 Å². The van der Waals surface area contributed by atoms with E-state index in [0.29, 0.717) is 5.65 Å². The monoisotopic (exact) mass is 160 g/mol. The van der Waals surface area contributed by atoms with Crippen molar-refractivity contribution in [3.63, 3.8) is 0 Å². The fraction of sp³-hybridized carbons (Fsp3) is 0.250. The van der Waals surface area contributed by atoms with Crippen LogP contribution in [0, 0.1) is 13.8 Å². The highest BCUT2D eigenvalue weighted by atomic mass is 15.0. The van der Waals surface area contributed by atoms with Crippen LogP contribution in [-0.4, -0.2) is 19.9 Å². The predicted octanol–water partition coefficient (Wildman–Crippen LogP) is 1.04. The maximum absolute atomic E-state index is 4.19. The van der Waals surface area contributed by atoms with Crippen molar-refractivity contribution in [2.45, 2.75) is 13.8 Å². The van der Waals surface area contributed by atoms with E-state index < -0.39 is 0 Å². The lowest BCUT2D eigenvalue weighted by atomic mass is 10.4. The van der Waals surface area contributed by atoms with Crippen LogP contribution < -0.4 is 0 Å². The van der Waals surface area contributed by atoms with Crippen LogP contribution in [-0.2, 0) is 0 Å². The molecule has 0 aliphatic rings. The zero-order valence-electron chi connectivity index (χ0n) is 6.94. The van der Waals surface area contributed by atoms with Gasteiger partial charge in [0, 0.05) is 12.4 Å². The van der Waals surface area contributed by atoms with Gasteiger partial charge >= 0.3 is 0 Å². The standard InChI is InChI=1S/C8H8N4/c1-5-7-8(10-4-3-9-7)12-6(2)11-5/h3-4H,1-2H3. The molecule has 0 spiro atoms. The summed E-state index contributed by atoms with van der Waals surface area (Å²) in [6.07, 6.45) is 3.28. The maximum atomic E-state index is 4.19. The highest BCUT2D eigenvalue weighted by Gasteiger charge is 2.01. The van der Waals surface area contributed by atoms with Gasteiger partial charge in [0.2, 0.25) is 0 Å². The van der Waals surface area contributed by atoms with Gasteiger partial charge in [0.05, 0.1) is 5.69 Å². The molecule has 0 aliphatic carbocycles. The fourth-order valence-corrected chi connectivity index (χ4v) is 1.14. The van der Waals surface area contributed by atoms with E-state index in [1.54, 1.807) is 12.4 Å². The Morgan fingerprint density at radius 1 is 1.00 bits per heavy atom. The van der Waals surface area contributed by atoms with Crippen molar-refractivity contribution in [1.82, 2.24) is 19.9 Å². The molecule has 0 saturated carbocycles. The smallest absolute Gasteiger partial charge is 0.181 e. The second-order valence-corrected chi connectivity index (χ2v) is 2.58. The predicted molar refractivity (Wildman–Crippen MR) is 44.6 cm³/mol. The van der Waals surface area contributed by atoms with Crippen molar-refractivity contribution in [1.29, 1.82) is 0 Å². The van der Waals surface area contributed by atoms with Gasteiger partial charge in [-0.3, -0.25) is 0 Å². The van der Waals surface area contributed by atoms with E-state index in [4.69, 9.17) is 0 Å². The van der Waals surface area contributed by atoms with E-state index >= 15 is 0 Å². The number of hydrogen-bond donors (Lipinski definition) is 0. The van der Waals surface area contributed by atoms with Gasteiger partial charge in [-0.15, -0.1) is 0 Å². The highest BCUT2D eigenvalue weighted by molar-refractivity contribution is 5.71. The largest absolute Gasteiger partial charge is 0.249 e. The van der Waals surface area contributed by atoms with Crippen molar-refractivity contribution < 1.29 is 0 Å². The lowest BCUT2D eigenvalue weighted by Gasteiger charge is -1.98.